The lowest BCUT2D eigenvalue weighted by molar-refractivity contribution is 0.0695. The molecule has 9 heteroatoms. The van der Waals surface area contributed by atoms with E-state index in [4.69, 9.17) is 9.84 Å². The molecule has 1 aromatic carbocycles. The molecule has 27 heavy (non-hydrogen) atoms. The number of benzene rings is 1. The highest BCUT2D eigenvalue weighted by Gasteiger charge is 2.16. The molecule has 140 valence electrons. The Labute approximate surface area is 153 Å². The molecule has 8 nitrogen and oxygen atoms in total. The van der Waals surface area contributed by atoms with Crippen molar-refractivity contribution in [1.29, 1.82) is 0 Å². The van der Waals surface area contributed by atoms with Gasteiger partial charge in [-0.2, -0.15) is 5.10 Å². The summed E-state index contributed by atoms with van der Waals surface area (Å²) in [7, 11) is 1.46. The molecule has 0 aliphatic heterocycles. The number of rotatable bonds is 6. The monoisotopic (exact) mass is 372 g/mol. The van der Waals surface area contributed by atoms with Gasteiger partial charge in [0, 0.05) is 30.6 Å². The Bertz CT molecular complexity index is 1020. The van der Waals surface area contributed by atoms with Crippen molar-refractivity contribution < 1.29 is 23.8 Å². The molecule has 3 aromatic rings. The highest BCUT2D eigenvalue weighted by atomic mass is 19.1. The van der Waals surface area contributed by atoms with E-state index in [2.05, 4.69) is 15.4 Å². The summed E-state index contributed by atoms with van der Waals surface area (Å²) >= 11 is 0. The summed E-state index contributed by atoms with van der Waals surface area (Å²) in [5, 5.41) is 15.8. The van der Waals surface area contributed by atoms with Gasteiger partial charge >= 0.3 is 5.97 Å². The van der Waals surface area contributed by atoms with Crippen LogP contribution in [-0.2, 0) is 6.42 Å². The van der Waals surface area contributed by atoms with Crippen molar-refractivity contribution in [1.82, 2.24) is 19.9 Å². The number of hydrogen-bond donors (Lipinski definition) is 2. The van der Waals surface area contributed by atoms with Crippen molar-refractivity contribution >= 4 is 17.5 Å². The number of nitrogens with zero attached hydrogens (tertiary/aromatic N) is 3. The van der Waals surface area contributed by atoms with E-state index in [1.165, 1.54) is 42.2 Å². The highest BCUT2D eigenvalue weighted by molar-refractivity contribution is 5.93. The van der Waals surface area contributed by atoms with Crippen LogP contribution in [0.3, 0.4) is 0 Å². The Kier molecular flexibility index (Phi) is 5.02. The minimum Gasteiger partial charge on any atom is -0.497 e. The number of carboxylic acid groups (broad SMARTS) is 1. The third kappa shape index (κ3) is 4.20. The topological polar surface area (TPSA) is 106 Å². The molecule has 0 radical (unpaired) electrons. The number of aromatic carboxylic acids is 1. The standard InChI is InChI=1S/C18H17FN4O4/c1-10(3-11-4-13(19)6-14(5-11)27-2)21-17(24)15-7-16-20-8-12(18(25)26)9-23(16)22-15/h4-10H,3H2,1-2H3,(H,21,24)(H,25,26). The Hall–Kier alpha value is -3.49. The first-order valence-corrected chi connectivity index (χ1v) is 8.09. The quantitative estimate of drug-likeness (QED) is 0.685. The molecule has 2 aromatic heterocycles. The van der Waals surface area contributed by atoms with Gasteiger partial charge in [0.05, 0.1) is 12.7 Å². The van der Waals surface area contributed by atoms with Crippen LogP contribution in [0.2, 0.25) is 0 Å². The molecule has 2 N–H and O–H groups in total. The summed E-state index contributed by atoms with van der Waals surface area (Å²) in [4.78, 5) is 27.3. The second kappa shape index (κ2) is 7.40. The number of carbonyl (C=O) groups excluding carboxylic acids is 1. The van der Waals surface area contributed by atoms with Gasteiger partial charge in [0.2, 0.25) is 0 Å². The molecule has 1 amide bonds. The molecule has 0 saturated heterocycles. The van der Waals surface area contributed by atoms with Crippen molar-refractivity contribution in [3.05, 3.63) is 59.3 Å². The van der Waals surface area contributed by atoms with Crippen molar-refractivity contribution in [2.24, 2.45) is 0 Å². The van der Waals surface area contributed by atoms with Crippen LogP contribution in [0, 0.1) is 5.82 Å². The molecule has 1 atom stereocenters. The largest absolute Gasteiger partial charge is 0.497 e. The second-order valence-electron chi connectivity index (χ2n) is 6.06. The smallest absolute Gasteiger partial charge is 0.338 e. The highest BCUT2D eigenvalue weighted by Crippen LogP contribution is 2.17. The summed E-state index contributed by atoms with van der Waals surface area (Å²) in [6.45, 7) is 1.78. The van der Waals surface area contributed by atoms with Crippen molar-refractivity contribution in [2.75, 3.05) is 7.11 Å². The number of ether oxygens (including phenoxy) is 1. The number of nitrogens with one attached hydrogen (secondary N) is 1. The molecule has 0 aliphatic carbocycles. The zero-order valence-corrected chi connectivity index (χ0v) is 14.6. The predicted molar refractivity (Wildman–Crippen MR) is 93.5 cm³/mol. The summed E-state index contributed by atoms with van der Waals surface area (Å²) in [6.07, 6.45) is 2.87. The van der Waals surface area contributed by atoms with Crippen LogP contribution in [0.25, 0.3) is 5.65 Å². The van der Waals surface area contributed by atoms with Gasteiger partial charge in [-0.3, -0.25) is 4.79 Å². The average molecular weight is 372 g/mol. The fraction of sp³-hybridized carbons (Fsp3) is 0.222. The molecule has 0 aliphatic rings. The van der Waals surface area contributed by atoms with Crippen LogP contribution in [-0.4, -0.2) is 44.7 Å². The Morgan fingerprint density at radius 2 is 2.11 bits per heavy atom. The van der Waals surface area contributed by atoms with E-state index >= 15 is 0 Å². The van der Waals surface area contributed by atoms with Gasteiger partial charge in [-0.25, -0.2) is 18.7 Å². The number of halogens is 1. The van der Waals surface area contributed by atoms with Gasteiger partial charge in [0.1, 0.15) is 11.6 Å². The maximum absolute atomic E-state index is 13.6. The van der Waals surface area contributed by atoms with E-state index in [1.54, 1.807) is 13.0 Å². The van der Waals surface area contributed by atoms with Gasteiger partial charge in [0.25, 0.3) is 5.91 Å². The van der Waals surface area contributed by atoms with Gasteiger partial charge in [-0.05, 0) is 31.0 Å². The fourth-order valence-corrected chi connectivity index (χ4v) is 2.66. The molecule has 0 fully saturated rings. The van der Waals surface area contributed by atoms with Gasteiger partial charge in [-0.15, -0.1) is 0 Å². The third-order valence-electron chi connectivity index (χ3n) is 3.88. The van der Waals surface area contributed by atoms with Crippen molar-refractivity contribution in [3.8, 4) is 5.75 Å². The Morgan fingerprint density at radius 1 is 1.33 bits per heavy atom. The first kappa shape index (κ1) is 18.3. The summed E-state index contributed by atoms with van der Waals surface area (Å²) < 4.78 is 19.8. The van der Waals surface area contributed by atoms with Crippen molar-refractivity contribution in [2.45, 2.75) is 19.4 Å². The van der Waals surface area contributed by atoms with Crippen LogP contribution in [0.5, 0.6) is 5.75 Å². The Balaban J connectivity index is 1.72. The molecular weight excluding hydrogens is 355 g/mol. The van der Waals surface area contributed by atoms with E-state index in [0.717, 1.165) is 0 Å². The molecule has 3 rings (SSSR count). The summed E-state index contributed by atoms with van der Waals surface area (Å²) in [5.41, 5.74) is 1.11. The predicted octanol–water partition coefficient (Wildman–Crippen LogP) is 1.94. The molecule has 0 spiro atoms. The van der Waals surface area contributed by atoms with Crippen molar-refractivity contribution in [3.63, 3.8) is 0 Å². The maximum atomic E-state index is 13.6. The number of aromatic nitrogens is 3. The number of carbonyl (C=O) groups is 2. The minimum absolute atomic E-state index is 0.0361. The van der Waals surface area contributed by atoms with Crippen LogP contribution in [0.4, 0.5) is 4.39 Å². The van der Waals surface area contributed by atoms with Crippen LogP contribution >= 0.6 is 0 Å². The number of carboxylic acids is 1. The van der Waals surface area contributed by atoms with Gasteiger partial charge in [0.15, 0.2) is 11.3 Å². The van der Waals surface area contributed by atoms with E-state index in [9.17, 15) is 14.0 Å². The average Bonchev–Trinajstić information content (AvgIpc) is 3.04. The zero-order valence-electron chi connectivity index (χ0n) is 14.6. The fourth-order valence-electron chi connectivity index (χ4n) is 2.66. The maximum Gasteiger partial charge on any atom is 0.338 e. The van der Waals surface area contributed by atoms with Crippen LogP contribution in [0.15, 0.2) is 36.7 Å². The number of methoxy groups -OCH3 is 1. The number of amides is 1. The Morgan fingerprint density at radius 3 is 2.81 bits per heavy atom. The van der Waals surface area contributed by atoms with E-state index in [1.807, 2.05) is 0 Å². The molecule has 2 heterocycles. The SMILES string of the molecule is COc1cc(F)cc(CC(C)NC(=O)c2cc3ncc(C(=O)O)cn3n2)c1. The molecule has 0 bridgehead atoms. The third-order valence-corrected chi connectivity index (χ3v) is 3.88. The molecular formula is C18H17FN4O4. The van der Waals surface area contributed by atoms with Gasteiger partial charge in [-0.1, -0.05) is 0 Å². The van der Waals surface area contributed by atoms with Gasteiger partial charge < -0.3 is 15.2 Å². The lowest BCUT2D eigenvalue weighted by Crippen LogP contribution is -2.34. The lowest BCUT2D eigenvalue weighted by atomic mass is 10.1. The van der Waals surface area contributed by atoms with E-state index < -0.39 is 17.7 Å². The molecule has 1 unspecified atom stereocenters. The zero-order chi connectivity index (χ0) is 19.6. The summed E-state index contributed by atoms with van der Waals surface area (Å²) in [5.74, 6) is -1.58. The number of fused-ring (bicyclic) bond motifs is 1. The number of hydrogen-bond acceptors (Lipinski definition) is 5. The minimum atomic E-state index is -1.13. The summed E-state index contributed by atoms with van der Waals surface area (Å²) in [6, 6.07) is 5.53. The molecule has 0 saturated carbocycles. The van der Waals surface area contributed by atoms with Crippen LogP contribution < -0.4 is 10.1 Å². The van der Waals surface area contributed by atoms with Crippen LogP contribution in [0.1, 0.15) is 33.3 Å². The second-order valence-corrected chi connectivity index (χ2v) is 6.06. The first-order valence-electron chi connectivity index (χ1n) is 8.09. The lowest BCUT2D eigenvalue weighted by Gasteiger charge is -2.13. The van der Waals surface area contributed by atoms with E-state index in [0.29, 0.717) is 23.4 Å². The normalized spacial score (nSPS) is 12.0. The van der Waals surface area contributed by atoms with E-state index in [-0.39, 0.29) is 17.3 Å². The first-order chi connectivity index (χ1) is 12.9.